The van der Waals surface area contributed by atoms with Gasteiger partial charge in [0, 0.05) is 5.57 Å². The Hall–Kier alpha value is -3.69. The average Bonchev–Trinajstić information content (AvgIpc) is 3.20. The molecule has 0 radical (unpaired) electrons. The van der Waals surface area contributed by atoms with E-state index in [1.54, 1.807) is 0 Å². The number of rotatable bonds is 5. The van der Waals surface area contributed by atoms with Crippen LogP contribution in [-0.2, 0) is 9.53 Å². The van der Waals surface area contributed by atoms with Crippen LogP contribution in [0.4, 0.5) is 0 Å². The first kappa shape index (κ1) is 22.1. The maximum absolute atomic E-state index is 13.6. The van der Waals surface area contributed by atoms with E-state index in [2.05, 4.69) is 40.2 Å². The van der Waals surface area contributed by atoms with Crippen molar-refractivity contribution in [3.63, 3.8) is 0 Å². The summed E-state index contributed by atoms with van der Waals surface area (Å²) in [6, 6.07) is 38.7. The lowest BCUT2D eigenvalue weighted by Gasteiger charge is -2.20. The molecular weight excluding hydrogens is 484 g/mol. The summed E-state index contributed by atoms with van der Waals surface area (Å²) in [5.41, 5.74) is 8.63. The standard InChI is InChI=1S/C31H23BrO2/c1-34-31(33)29(26(21-13-5-2-6-14-21)22-15-7-3-8-16-22)28-27(23-17-9-4-10-18-23)24-19-11-12-20-25(24)30(28)32/h2-20,30H,1H3. The molecule has 1 aliphatic carbocycles. The molecule has 1 unspecified atom stereocenters. The summed E-state index contributed by atoms with van der Waals surface area (Å²) in [4.78, 5) is 13.5. The molecule has 34 heavy (non-hydrogen) atoms. The van der Waals surface area contributed by atoms with Gasteiger partial charge in [0.15, 0.2) is 0 Å². The van der Waals surface area contributed by atoms with E-state index < -0.39 is 0 Å². The van der Waals surface area contributed by atoms with Gasteiger partial charge in [0.05, 0.1) is 17.5 Å². The maximum Gasteiger partial charge on any atom is 0.338 e. The van der Waals surface area contributed by atoms with Crippen molar-refractivity contribution in [1.29, 1.82) is 0 Å². The normalized spacial score (nSPS) is 14.5. The highest BCUT2D eigenvalue weighted by Crippen LogP contribution is 2.52. The van der Waals surface area contributed by atoms with Crippen LogP contribution in [0.2, 0.25) is 0 Å². The van der Waals surface area contributed by atoms with E-state index in [9.17, 15) is 4.79 Å². The number of hydrogen-bond donors (Lipinski definition) is 0. The average molecular weight is 507 g/mol. The zero-order valence-electron chi connectivity index (χ0n) is 18.7. The zero-order valence-corrected chi connectivity index (χ0v) is 20.3. The lowest BCUT2D eigenvalue weighted by molar-refractivity contribution is -0.135. The Kier molecular flexibility index (Phi) is 6.29. The molecule has 0 bridgehead atoms. The van der Waals surface area contributed by atoms with Crippen molar-refractivity contribution < 1.29 is 9.53 Å². The summed E-state index contributed by atoms with van der Waals surface area (Å²) in [7, 11) is 1.45. The molecule has 0 N–H and O–H groups in total. The van der Waals surface area contributed by atoms with E-state index in [4.69, 9.17) is 4.74 Å². The number of methoxy groups -OCH3 is 1. The first-order valence-electron chi connectivity index (χ1n) is 11.2. The van der Waals surface area contributed by atoms with Crippen molar-refractivity contribution >= 4 is 33.0 Å². The molecule has 4 aromatic rings. The maximum atomic E-state index is 13.6. The summed E-state index contributed by atoms with van der Waals surface area (Å²) in [6.07, 6.45) is 0. The van der Waals surface area contributed by atoms with Crippen LogP contribution in [-0.4, -0.2) is 13.1 Å². The van der Waals surface area contributed by atoms with E-state index in [1.165, 1.54) is 7.11 Å². The fraction of sp³-hybridized carbons (Fsp3) is 0.0645. The third kappa shape index (κ3) is 3.93. The number of fused-ring (bicyclic) bond motifs is 1. The van der Waals surface area contributed by atoms with Crippen molar-refractivity contribution in [2.45, 2.75) is 4.83 Å². The smallest absolute Gasteiger partial charge is 0.338 e. The number of carbonyl (C=O) groups is 1. The second-order valence-corrected chi connectivity index (χ2v) is 8.99. The molecule has 0 saturated heterocycles. The third-order valence-corrected chi connectivity index (χ3v) is 7.07. The second-order valence-electron chi connectivity index (χ2n) is 8.08. The molecule has 0 saturated carbocycles. The van der Waals surface area contributed by atoms with Crippen molar-refractivity contribution in [3.8, 4) is 0 Å². The minimum atomic E-state index is -0.358. The number of esters is 1. The molecule has 0 spiro atoms. The van der Waals surface area contributed by atoms with E-state index >= 15 is 0 Å². The quantitative estimate of drug-likeness (QED) is 0.158. The molecule has 0 aromatic heterocycles. The molecule has 0 heterocycles. The monoisotopic (exact) mass is 506 g/mol. The number of halogens is 1. The van der Waals surface area contributed by atoms with Gasteiger partial charge in [-0.25, -0.2) is 4.79 Å². The largest absolute Gasteiger partial charge is 0.465 e. The van der Waals surface area contributed by atoms with E-state index in [1.807, 2.05) is 91.0 Å². The van der Waals surface area contributed by atoms with Crippen LogP contribution in [0.25, 0.3) is 11.1 Å². The van der Waals surface area contributed by atoms with Gasteiger partial charge in [-0.05, 0) is 39.0 Å². The minimum Gasteiger partial charge on any atom is -0.465 e. The molecule has 4 aromatic carbocycles. The lowest BCUT2D eigenvalue weighted by atomic mass is 9.86. The first-order chi connectivity index (χ1) is 16.7. The van der Waals surface area contributed by atoms with Crippen LogP contribution in [0.5, 0.6) is 0 Å². The SMILES string of the molecule is COC(=O)C(=C(c1ccccc1)c1ccccc1)C1=C(c2ccccc2)c2ccccc2C1Br. The van der Waals surface area contributed by atoms with Gasteiger partial charge < -0.3 is 4.74 Å². The highest BCUT2D eigenvalue weighted by Gasteiger charge is 2.36. The molecular formula is C31H23BrO2. The van der Waals surface area contributed by atoms with E-state index in [0.29, 0.717) is 5.57 Å². The first-order valence-corrected chi connectivity index (χ1v) is 12.1. The predicted octanol–water partition coefficient (Wildman–Crippen LogP) is 7.61. The predicted molar refractivity (Wildman–Crippen MR) is 141 cm³/mol. The van der Waals surface area contributed by atoms with Gasteiger partial charge in [-0.2, -0.15) is 0 Å². The summed E-state index contributed by atoms with van der Waals surface area (Å²) in [5, 5.41) is 0. The molecule has 0 aliphatic heterocycles. The van der Waals surface area contributed by atoms with Crippen LogP contribution in [0, 0.1) is 0 Å². The molecule has 3 heteroatoms. The summed E-state index contributed by atoms with van der Waals surface area (Å²) in [6.45, 7) is 0. The number of hydrogen-bond acceptors (Lipinski definition) is 2. The highest BCUT2D eigenvalue weighted by molar-refractivity contribution is 9.09. The number of carbonyl (C=O) groups excluding carboxylic acids is 1. The molecule has 1 aliphatic rings. The van der Waals surface area contributed by atoms with Crippen LogP contribution in [0.15, 0.2) is 126 Å². The van der Waals surface area contributed by atoms with Crippen molar-refractivity contribution in [2.75, 3.05) is 7.11 Å². The van der Waals surface area contributed by atoms with E-state index in [-0.39, 0.29) is 10.8 Å². The fourth-order valence-electron chi connectivity index (χ4n) is 4.65. The highest BCUT2D eigenvalue weighted by atomic mass is 79.9. The zero-order chi connectivity index (χ0) is 23.5. The van der Waals surface area contributed by atoms with Crippen molar-refractivity contribution in [1.82, 2.24) is 0 Å². The van der Waals surface area contributed by atoms with Gasteiger partial charge in [-0.1, -0.05) is 131 Å². The molecule has 2 nitrogen and oxygen atoms in total. The van der Waals surface area contributed by atoms with Crippen molar-refractivity contribution in [3.05, 3.63) is 154 Å². The molecule has 0 amide bonds. The molecule has 0 fully saturated rings. The Labute approximate surface area is 208 Å². The van der Waals surface area contributed by atoms with Gasteiger partial charge in [0.1, 0.15) is 0 Å². The number of ether oxygens (including phenoxy) is 1. The Morgan fingerprint density at radius 1 is 0.706 bits per heavy atom. The van der Waals surface area contributed by atoms with Gasteiger partial charge >= 0.3 is 5.97 Å². The molecule has 166 valence electrons. The Morgan fingerprint density at radius 3 is 1.76 bits per heavy atom. The lowest BCUT2D eigenvalue weighted by Crippen LogP contribution is -2.13. The van der Waals surface area contributed by atoms with Crippen LogP contribution < -0.4 is 0 Å². The van der Waals surface area contributed by atoms with Gasteiger partial charge in [0.2, 0.25) is 0 Å². The van der Waals surface area contributed by atoms with Gasteiger partial charge in [-0.15, -0.1) is 0 Å². The van der Waals surface area contributed by atoms with Crippen LogP contribution >= 0.6 is 15.9 Å². The summed E-state index contributed by atoms with van der Waals surface area (Å²) in [5.74, 6) is -0.358. The Morgan fingerprint density at radius 2 is 1.21 bits per heavy atom. The number of benzene rings is 4. The van der Waals surface area contributed by atoms with Crippen LogP contribution in [0.3, 0.4) is 0 Å². The molecule has 5 rings (SSSR count). The second kappa shape index (κ2) is 9.66. The fourth-order valence-corrected chi connectivity index (χ4v) is 5.51. The van der Waals surface area contributed by atoms with Crippen molar-refractivity contribution in [2.24, 2.45) is 0 Å². The third-order valence-electron chi connectivity index (χ3n) is 6.12. The van der Waals surface area contributed by atoms with Crippen LogP contribution in [0.1, 0.15) is 32.6 Å². The minimum absolute atomic E-state index is 0.157. The number of alkyl halides is 1. The summed E-state index contributed by atoms with van der Waals surface area (Å²) < 4.78 is 5.43. The Balaban J connectivity index is 1.93. The summed E-state index contributed by atoms with van der Waals surface area (Å²) >= 11 is 3.95. The Bertz CT molecular complexity index is 1350. The molecule has 1 atom stereocenters. The van der Waals surface area contributed by atoms with E-state index in [0.717, 1.165) is 44.5 Å². The van der Waals surface area contributed by atoms with Gasteiger partial charge in [-0.3, -0.25) is 0 Å². The topological polar surface area (TPSA) is 26.3 Å². The van der Waals surface area contributed by atoms with Gasteiger partial charge in [0.25, 0.3) is 0 Å².